The van der Waals surface area contributed by atoms with Crippen LogP contribution in [0.1, 0.15) is 178 Å². The number of anilines is 1. The molecule has 0 unspecified atom stereocenters. The summed E-state index contributed by atoms with van der Waals surface area (Å²) in [5, 5.41) is 69.3. The summed E-state index contributed by atoms with van der Waals surface area (Å²) in [5.41, 5.74) is 19.0. The molecule has 7 fully saturated rings. The number of nitrogens with zero attached hydrogens (tertiary/aromatic N) is 12. The van der Waals surface area contributed by atoms with E-state index in [0.717, 1.165) is 103 Å². The van der Waals surface area contributed by atoms with E-state index in [-0.39, 0.29) is 43.9 Å². The lowest BCUT2D eigenvalue weighted by atomic mass is 9.93. The van der Waals surface area contributed by atoms with Crippen molar-refractivity contribution < 1.29 is 87.5 Å². The van der Waals surface area contributed by atoms with Gasteiger partial charge in [0.1, 0.15) is 151 Å². The first-order valence-electron chi connectivity index (χ1n) is 42.9. The smallest absolute Gasteiger partial charge is 0.164 e. The lowest BCUT2D eigenvalue weighted by Crippen LogP contribution is -2.35. The van der Waals surface area contributed by atoms with Crippen LogP contribution < -0.4 is 5.73 Å². The number of fused-ring (bicyclic) bond motifs is 9. The highest BCUT2D eigenvalue weighted by molar-refractivity contribution is 6.31. The van der Waals surface area contributed by atoms with Gasteiger partial charge in [-0.3, -0.25) is 0 Å². The minimum atomic E-state index is -1.12. The third-order valence-corrected chi connectivity index (χ3v) is 26.0. The molecule has 672 valence electrons. The van der Waals surface area contributed by atoms with Crippen molar-refractivity contribution in [1.82, 2.24) is 58.1 Å². The minimum Gasteiger partial charge on any atom is -0.396 e. The summed E-state index contributed by atoms with van der Waals surface area (Å²) in [4.78, 5) is 34.5. The molecule has 0 bridgehead atoms. The monoisotopic (exact) mass is 1820 g/mol. The van der Waals surface area contributed by atoms with Crippen molar-refractivity contribution in [2.45, 2.75) is 254 Å². The lowest BCUT2D eigenvalue weighted by Gasteiger charge is -2.29. The Morgan fingerprint density at radius 2 is 0.764 bits per heavy atom. The maximum atomic E-state index is 11.5. The van der Waals surface area contributed by atoms with Crippen LogP contribution >= 0.6 is 46.4 Å². The second-order valence-electron chi connectivity index (χ2n) is 34.8. The molecule has 9 aliphatic heterocycles. The van der Waals surface area contributed by atoms with E-state index in [9.17, 15) is 30.6 Å². The van der Waals surface area contributed by atoms with Crippen LogP contribution in [-0.4, -0.2) is 206 Å². The van der Waals surface area contributed by atoms with Crippen molar-refractivity contribution in [3.8, 4) is 0 Å². The van der Waals surface area contributed by atoms with Crippen molar-refractivity contribution in [2.75, 3.05) is 32.2 Å². The van der Waals surface area contributed by atoms with Gasteiger partial charge in [0.25, 0.3) is 0 Å². The Morgan fingerprint density at radius 1 is 0.409 bits per heavy atom. The van der Waals surface area contributed by atoms with E-state index in [2.05, 4.69) is 45.9 Å². The SMILES string of the molecule is CC1(C)O[C@H]2[C@@H](O1)[C@H](n1ccc3c(N)ncnc31)O[C@@H]2[C@H](O)c1ccc(Cl)cc1CCCO.Cc1ncnc2c1ccn2[C@@H]1O[C@H]([C@@H]2OCCCc3cc(Cl)ccc32)[C@@H](O)[C@H]1O.Cc1ncnc2c1ccn2[C@@H]1O[C@H]([C@@H]2OCCCc3cc(Cl)ccc32)[C@H]2OC(C)(C)O[C@H]21.Cc1ncnc2c1ccn2[C@@H]1O[C@H]([C@H](O)c2ccc(Cl)cc2CCCO)[C@H]2OC(C)(C)O[C@H]21. The number of rotatable bonds is 16. The number of benzene rings is 4. The average Bonchev–Trinajstić information content (AvgIpc) is 1.58. The Kier molecular flexibility index (Phi) is 25.6. The van der Waals surface area contributed by atoms with Gasteiger partial charge in [0, 0.05) is 87.5 Å². The molecule has 8 N–H and O–H groups in total. The fourth-order valence-corrected chi connectivity index (χ4v) is 20.2. The molecule has 0 aliphatic carbocycles. The zero-order valence-electron chi connectivity index (χ0n) is 71.4. The van der Waals surface area contributed by atoms with E-state index in [1.807, 2.05) is 167 Å². The number of aromatic nitrogens is 12. The molecule has 8 aromatic heterocycles. The second kappa shape index (κ2) is 36.4. The standard InChI is InChI=1S/C24H28ClN3O5.C24H26ClN3O4.C23H27ClN4O5.C21H22ClN3O4/c1-13-16-8-9-28(22(16)27-12-26-13)23-21-20(32-24(2,3)33-21)19(31-23)18(30)17-7-6-15(25)11-14(17)5-4-10-29;1-13-16-8-9-28(22(16)27-12-26-13)23-21-20(31-24(2,3)32-21)19(30-23)18-17-7-6-15(25)11-14(17)5-4-10-29-18;1-23(2)32-18-17(16(30)14-6-5-13(24)10-12(14)4-3-9-29)31-22(19(18)33-23)28-8-7-15-20(25)26-11-27-21(15)28;1-11-14-6-7-25(20(14)24-10-23-11)21-17(27)16(26)19(29-21)18-15-5-4-13(22)9-12(15)3-2-8-28-18/h6-9,11-12,18-21,23,29-30H,4-5,10H2,1-3H3;6-9,11-12,18-21,23H,4-5,10H2,1-3H3;5-8,10-11,16-19,22,29-30H,3-4,9H2,1-2H3,(H2,25,26,27);4-7,9-10,16-19,21,26-27H,2-3,8H2,1H3/t2*18-,19-,20-,21-,23-;16-,17-,18-,19-,22-;16-,17+,18+,19-,21+/m1110/s1. The highest BCUT2D eigenvalue weighted by Gasteiger charge is 2.62. The van der Waals surface area contributed by atoms with Crippen LogP contribution in [0.3, 0.4) is 0 Å². The highest BCUT2D eigenvalue weighted by Crippen LogP contribution is 2.53. The highest BCUT2D eigenvalue weighted by atomic mass is 35.5. The maximum Gasteiger partial charge on any atom is 0.164 e. The van der Waals surface area contributed by atoms with Gasteiger partial charge in [0.2, 0.25) is 0 Å². The van der Waals surface area contributed by atoms with Gasteiger partial charge in [0.15, 0.2) is 42.3 Å². The van der Waals surface area contributed by atoms with E-state index in [0.29, 0.717) is 87.6 Å². The minimum absolute atomic E-state index is 0.0472. The molecular formula is C92H103Cl4N13O18. The fraction of sp³-hybridized carbons (Fsp3) is 0.478. The largest absolute Gasteiger partial charge is 0.396 e. The first-order chi connectivity index (χ1) is 61.0. The van der Waals surface area contributed by atoms with E-state index in [1.165, 1.54) is 24.5 Å². The molecule has 21 rings (SSSR count). The van der Waals surface area contributed by atoms with Gasteiger partial charge in [-0.1, -0.05) is 70.7 Å². The number of aryl methyl sites for hydroxylation is 7. The predicted octanol–water partition coefficient (Wildman–Crippen LogP) is 13.4. The molecule has 20 atom stereocenters. The van der Waals surface area contributed by atoms with Crippen LogP contribution in [0.25, 0.3) is 44.1 Å². The van der Waals surface area contributed by atoms with Crippen LogP contribution in [-0.2, 0) is 82.5 Å². The van der Waals surface area contributed by atoms with E-state index < -0.39 is 109 Å². The molecule has 31 nitrogen and oxygen atoms in total. The number of ether oxygens (including phenoxy) is 12. The van der Waals surface area contributed by atoms with E-state index in [1.54, 1.807) is 35.3 Å². The number of nitrogens with two attached hydrogens (primary N) is 1. The number of aliphatic hydroxyl groups is 6. The normalized spacial score (nSPS) is 28.8. The van der Waals surface area contributed by atoms with Gasteiger partial charge in [-0.2, -0.15) is 0 Å². The van der Waals surface area contributed by atoms with E-state index >= 15 is 0 Å². The first-order valence-corrected chi connectivity index (χ1v) is 44.5. The number of hydrogen-bond acceptors (Lipinski definition) is 27. The number of hydrogen-bond donors (Lipinski definition) is 7. The summed E-state index contributed by atoms with van der Waals surface area (Å²) < 4.78 is 83.3. The van der Waals surface area contributed by atoms with Gasteiger partial charge in [-0.15, -0.1) is 0 Å². The molecule has 7 saturated heterocycles. The van der Waals surface area contributed by atoms with Gasteiger partial charge in [0.05, 0.1) is 22.5 Å². The molecule has 0 amide bonds. The molecule has 0 radical (unpaired) electrons. The molecule has 0 saturated carbocycles. The zero-order valence-corrected chi connectivity index (χ0v) is 74.5. The summed E-state index contributed by atoms with van der Waals surface area (Å²) in [6, 6.07) is 30.1. The van der Waals surface area contributed by atoms with Gasteiger partial charge in [-0.05, 0) is 231 Å². The number of aliphatic hydroxyl groups excluding tert-OH is 6. The molecule has 9 aliphatic rings. The van der Waals surface area contributed by atoms with Crippen LogP contribution in [0, 0.1) is 20.8 Å². The molecule has 17 heterocycles. The first kappa shape index (κ1) is 89.2. The molecule has 4 aromatic carbocycles. The number of nitrogen functional groups attached to an aromatic ring is 1. The molecule has 35 heteroatoms. The van der Waals surface area contributed by atoms with Crippen molar-refractivity contribution >= 4 is 96.4 Å². The topological polar surface area (TPSA) is 381 Å². The van der Waals surface area contributed by atoms with Crippen molar-refractivity contribution in [3.05, 3.63) is 229 Å². The summed E-state index contributed by atoms with van der Waals surface area (Å²) in [7, 11) is 0. The quantitative estimate of drug-likeness (QED) is 0.0472. The van der Waals surface area contributed by atoms with Crippen LogP contribution in [0.4, 0.5) is 5.82 Å². The third-order valence-electron chi connectivity index (χ3n) is 25.1. The Hall–Kier alpha value is -8.40. The Balaban J connectivity index is 0.000000115. The van der Waals surface area contributed by atoms with Crippen LogP contribution in [0.2, 0.25) is 20.1 Å². The van der Waals surface area contributed by atoms with Crippen LogP contribution in [0.15, 0.2) is 147 Å². The van der Waals surface area contributed by atoms with Crippen molar-refractivity contribution in [1.29, 1.82) is 0 Å². The zero-order chi connectivity index (χ0) is 88.8. The van der Waals surface area contributed by atoms with Crippen LogP contribution in [0.5, 0.6) is 0 Å². The summed E-state index contributed by atoms with van der Waals surface area (Å²) >= 11 is 24.9. The Morgan fingerprint density at radius 3 is 1.20 bits per heavy atom. The number of halogens is 4. The van der Waals surface area contributed by atoms with Crippen molar-refractivity contribution in [3.63, 3.8) is 0 Å². The van der Waals surface area contributed by atoms with Gasteiger partial charge < -0.3 is 111 Å². The van der Waals surface area contributed by atoms with Crippen molar-refractivity contribution in [2.24, 2.45) is 0 Å². The summed E-state index contributed by atoms with van der Waals surface area (Å²) in [6.07, 6.45) is 7.32. The predicted molar refractivity (Wildman–Crippen MR) is 468 cm³/mol. The summed E-state index contributed by atoms with van der Waals surface area (Å²) in [5.74, 6) is -1.99. The van der Waals surface area contributed by atoms with Gasteiger partial charge in [-0.25, -0.2) is 39.9 Å². The average molecular weight is 1820 g/mol. The summed E-state index contributed by atoms with van der Waals surface area (Å²) in [6.45, 7) is 18.4. The molecule has 12 aromatic rings. The molecule has 127 heavy (non-hydrogen) atoms. The second-order valence-corrected chi connectivity index (χ2v) is 36.6. The third kappa shape index (κ3) is 17.5. The fourth-order valence-electron chi connectivity index (χ4n) is 19.4. The molecular weight excluding hydrogens is 1720 g/mol. The Labute approximate surface area is 752 Å². The van der Waals surface area contributed by atoms with E-state index in [4.69, 9.17) is 109 Å². The Bertz CT molecular complexity index is 5820. The maximum absolute atomic E-state index is 11.5. The lowest BCUT2D eigenvalue weighted by molar-refractivity contribution is -0.211. The van der Waals surface area contributed by atoms with Gasteiger partial charge >= 0.3 is 0 Å². The molecule has 0 spiro atoms.